The van der Waals surface area contributed by atoms with E-state index in [9.17, 15) is 4.79 Å². The maximum Gasteiger partial charge on any atom is 0.412 e. The maximum absolute atomic E-state index is 12.2. The molecule has 3 heterocycles. The van der Waals surface area contributed by atoms with Crippen LogP contribution in [0.15, 0.2) is 41.2 Å². The van der Waals surface area contributed by atoms with Gasteiger partial charge in [-0.05, 0) is 44.5 Å². The second kappa shape index (κ2) is 7.88. The van der Waals surface area contributed by atoms with Crippen LogP contribution in [0.25, 0.3) is 28.1 Å². The predicted octanol–water partition coefficient (Wildman–Crippen LogP) is 4.30. The minimum Gasteiger partial charge on any atom is -0.495 e. The summed E-state index contributed by atoms with van der Waals surface area (Å²) >= 11 is 0. The molecule has 10 nitrogen and oxygen atoms in total. The van der Waals surface area contributed by atoms with Crippen LogP contribution in [0.2, 0.25) is 0 Å². The van der Waals surface area contributed by atoms with E-state index in [0.29, 0.717) is 40.1 Å². The third-order valence-corrected chi connectivity index (χ3v) is 4.60. The number of benzene rings is 1. The number of nitrogens with two attached hydrogens (primary N) is 1. The number of carbonyl (C=O) groups excluding carboxylic acids is 1. The Morgan fingerprint density at radius 1 is 1.22 bits per heavy atom. The molecule has 4 aromatic rings. The molecule has 3 N–H and O–H groups in total. The fourth-order valence-corrected chi connectivity index (χ4v) is 3.32. The Hall–Kier alpha value is -4.08. The lowest BCUT2D eigenvalue weighted by molar-refractivity contribution is 0.0635. The molecule has 0 spiro atoms. The van der Waals surface area contributed by atoms with Gasteiger partial charge in [0.1, 0.15) is 28.9 Å². The Morgan fingerprint density at radius 3 is 2.66 bits per heavy atom. The Labute approximate surface area is 184 Å². The number of aryl methyl sites for hydroxylation is 1. The highest BCUT2D eigenvalue weighted by atomic mass is 16.6. The van der Waals surface area contributed by atoms with E-state index in [2.05, 4.69) is 20.4 Å². The van der Waals surface area contributed by atoms with Crippen LogP contribution in [0.3, 0.4) is 0 Å². The van der Waals surface area contributed by atoms with Gasteiger partial charge in [-0.3, -0.25) is 5.32 Å². The SMILES string of the molecule is COc1cc(-c2cc(-c3cnc(C)o3)n3ncnc(N)c23)ccc1NC(=O)OC(C)(C)C. The smallest absolute Gasteiger partial charge is 0.412 e. The summed E-state index contributed by atoms with van der Waals surface area (Å²) in [7, 11) is 1.53. The molecule has 166 valence electrons. The predicted molar refractivity (Wildman–Crippen MR) is 119 cm³/mol. The number of oxazole rings is 1. The number of rotatable bonds is 4. The lowest BCUT2D eigenvalue weighted by Gasteiger charge is -2.20. The molecule has 0 saturated heterocycles. The summed E-state index contributed by atoms with van der Waals surface area (Å²) in [6.45, 7) is 7.16. The van der Waals surface area contributed by atoms with Gasteiger partial charge in [-0.25, -0.2) is 19.3 Å². The van der Waals surface area contributed by atoms with Crippen LogP contribution in [-0.2, 0) is 4.74 Å². The van der Waals surface area contributed by atoms with Crippen molar-refractivity contribution in [1.29, 1.82) is 0 Å². The van der Waals surface area contributed by atoms with E-state index in [0.717, 1.165) is 11.1 Å². The summed E-state index contributed by atoms with van der Waals surface area (Å²) in [6.07, 6.45) is 2.44. The largest absolute Gasteiger partial charge is 0.495 e. The number of aromatic nitrogens is 4. The van der Waals surface area contributed by atoms with Crippen LogP contribution < -0.4 is 15.8 Å². The van der Waals surface area contributed by atoms with Crippen LogP contribution in [0.4, 0.5) is 16.3 Å². The fourth-order valence-electron chi connectivity index (χ4n) is 3.32. The highest BCUT2D eigenvalue weighted by Gasteiger charge is 2.21. The van der Waals surface area contributed by atoms with Gasteiger partial charge in [-0.2, -0.15) is 5.10 Å². The zero-order valence-electron chi connectivity index (χ0n) is 18.5. The molecule has 4 rings (SSSR count). The summed E-state index contributed by atoms with van der Waals surface area (Å²) in [4.78, 5) is 20.5. The highest BCUT2D eigenvalue weighted by Crippen LogP contribution is 2.38. The first-order chi connectivity index (χ1) is 15.2. The van der Waals surface area contributed by atoms with E-state index >= 15 is 0 Å². The number of carbonyl (C=O) groups is 1. The normalized spacial score (nSPS) is 11.5. The Bertz CT molecular complexity index is 1300. The molecule has 0 aliphatic carbocycles. The molecule has 0 bridgehead atoms. The second-order valence-electron chi connectivity index (χ2n) is 8.13. The number of ether oxygens (including phenoxy) is 2. The van der Waals surface area contributed by atoms with Crippen LogP contribution in [-0.4, -0.2) is 38.4 Å². The van der Waals surface area contributed by atoms with Gasteiger partial charge in [0.05, 0.1) is 19.0 Å². The van der Waals surface area contributed by atoms with Crippen molar-refractivity contribution in [3.8, 4) is 28.3 Å². The molecule has 3 aromatic heterocycles. The zero-order valence-corrected chi connectivity index (χ0v) is 18.5. The molecule has 0 aliphatic rings. The first-order valence-corrected chi connectivity index (χ1v) is 9.89. The standard InChI is InChI=1S/C22H24N6O4/c1-12-24-10-18(31-12)16-9-14(19-20(23)25-11-26-28(16)19)13-6-7-15(17(8-13)30-5)27-21(29)32-22(2,3)4/h6-11H,1-5H3,(H,27,29)(H2,23,25,26). The van der Waals surface area contributed by atoms with Gasteiger partial charge in [0, 0.05) is 12.5 Å². The maximum atomic E-state index is 12.2. The molecule has 0 aliphatic heterocycles. The quantitative estimate of drug-likeness (QED) is 0.484. The summed E-state index contributed by atoms with van der Waals surface area (Å²) in [6, 6.07) is 7.27. The molecule has 32 heavy (non-hydrogen) atoms. The number of nitrogens with one attached hydrogen (secondary N) is 1. The van der Waals surface area contributed by atoms with Crippen LogP contribution >= 0.6 is 0 Å². The number of nitrogens with zero attached hydrogens (tertiary/aromatic N) is 4. The van der Waals surface area contributed by atoms with E-state index in [-0.39, 0.29) is 0 Å². The molecule has 0 atom stereocenters. The summed E-state index contributed by atoms with van der Waals surface area (Å²) < 4.78 is 18.2. The van der Waals surface area contributed by atoms with E-state index in [1.165, 1.54) is 13.4 Å². The van der Waals surface area contributed by atoms with Crippen molar-refractivity contribution in [1.82, 2.24) is 19.6 Å². The molecule has 10 heteroatoms. The van der Waals surface area contributed by atoms with Crippen LogP contribution in [0, 0.1) is 6.92 Å². The summed E-state index contributed by atoms with van der Waals surface area (Å²) in [5, 5.41) is 7.06. The fraction of sp³-hybridized carbons (Fsp3) is 0.273. The molecule has 1 aromatic carbocycles. The van der Waals surface area contributed by atoms with Crippen molar-refractivity contribution in [2.75, 3.05) is 18.2 Å². The molecule has 0 saturated carbocycles. The van der Waals surface area contributed by atoms with Gasteiger partial charge in [-0.15, -0.1) is 0 Å². The van der Waals surface area contributed by atoms with Crippen LogP contribution in [0.5, 0.6) is 5.75 Å². The average molecular weight is 436 g/mol. The second-order valence-corrected chi connectivity index (χ2v) is 8.13. The molecule has 0 radical (unpaired) electrons. The molecular weight excluding hydrogens is 412 g/mol. The topological polar surface area (TPSA) is 130 Å². The van der Waals surface area contributed by atoms with E-state index in [1.54, 1.807) is 50.5 Å². The van der Waals surface area contributed by atoms with Gasteiger partial charge in [-0.1, -0.05) is 6.07 Å². The number of hydrogen-bond acceptors (Lipinski definition) is 8. The van der Waals surface area contributed by atoms with E-state index in [4.69, 9.17) is 19.6 Å². The minimum atomic E-state index is -0.615. The number of amides is 1. The van der Waals surface area contributed by atoms with E-state index < -0.39 is 11.7 Å². The van der Waals surface area contributed by atoms with Crippen molar-refractivity contribution in [2.45, 2.75) is 33.3 Å². The zero-order chi connectivity index (χ0) is 23.0. The third-order valence-electron chi connectivity index (χ3n) is 4.60. The Morgan fingerprint density at radius 2 is 2.00 bits per heavy atom. The van der Waals surface area contributed by atoms with Gasteiger partial charge < -0.3 is 19.6 Å². The molecule has 1 amide bonds. The lowest BCUT2D eigenvalue weighted by atomic mass is 10.1. The van der Waals surface area contributed by atoms with Gasteiger partial charge in [0.15, 0.2) is 17.5 Å². The van der Waals surface area contributed by atoms with Crippen molar-refractivity contribution >= 4 is 23.1 Å². The highest BCUT2D eigenvalue weighted by molar-refractivity contribution is 5.93. The summed E-state index contributed by atoms with van der Waals surface area (Å²) in [5.41, 5.74) is 8.91. The van der Waals surface area contributed by atoms with Gasteiger partial charge in [0.25, 0.3) is 0 Å². The third kappa shape index (κ3) is 4.07. The lowest BCUT2D eigenvalue weighted by Crippen LogP contribution is -2.27. The van der Waals surface area contributed by atoms with Crippen molar-refractivity contribution < 1.29 is 18.7 Å². The number of nitrogen functional groups attached to an aromatic ring is 1. The molecule has 0 unspecified atom stereocenters. The number of anilines is 2. The summed E-state index contributed by atoms with van der Waals surface area (Å²) in [5.74, 6) is 1.86. The van der Waals surface area contributed by atoms with Crippen LogP contribution in [0.1, 0.15) is 26.7 Å². The first kappa shape index (κ1) is 21.2. The monoisotopic (exact) mass is 436 g/mol. The molecule has 0 fully saturated rings. The Kier molecular flexibility index (Phi) is 5.21. The van der Waals surface area contributed by atoms with Crippen molar-refractivity contribution in [3.05, 3.63) is 42.7 Å². The Balaban J connectivity index is 1.78. The van der Waals surface area contributed by atoms with Crippen molar-refractivity contribution in [2.24, 2.45) is 0 Å². The minimum absolute atomic E-state index is 0.312. The van der Waals surface area contributed by atoms with E-state index in [1.807, 2.05) is 12.1 Å². The number of hydrogen-bond donors (Lipinski definition) is 2. The molecular formula is C22H24N6O4. The van der Waals surface area contributed by atoms with Gasteiger partial charge in [0.2, 0.25) is 0 Å². The number of fused-ring (bicyclic) bond motifs is 1. The van der Waals surface area contributed by atoms with Crippen molar-refractivity contribution in [3.63, 3.8) is 0 Å². The average Bonchev–Trinajstić information content (AvgIpc) is 3.31. The number of methoxy groups -OCH3 is 1. The first-order valence-electron chi connectivity index (χ1n) is 9.89. The van der Waals surface area contributed by atoms with Gasteiger partial charge >= 0.3 is 6.09 Å².